The Kier molecular flexibility index (Phi) is 18.0. The van der Waals surface area contributed by atoms with E-state index in [9.17, 15) is 66.3 Å². The molecule has 82 heavy (non-hydrogen) atoms. The number of thiophene rings is 1. The fourth-order valence-electron chi connectivity index (χ4n) is 11.5. The van der Waals surface area contributed by atoms with Gasteiger partial charge in [-0.15, -0.1) is 11.3 Å². The maximum atomic E-state index is 14.6. The molecule has 5 aliphatic heterocycles. The Morgan fingerprint density at radius 2 is 1.72 bits per heavy atom. The largest absolute Gasteiger partial charge is 0.399 e. The van der Waals surface area contributed by atoms with Gasteiger partial charge in [0.05, 0.1) is 4.88 Å². The highest BCUT2D eigenvalue weighted by atomic mass is 32.1. The van der Waals surface area contributed by atoms with E-state index in [0.717, 1.165) is 35.5 Å². The number of likely N-dealkylation sites (N-methyl/N-ethyl adjacent to an activating group) is 1. The van der Waals surface area contributed by atoms with Crippen molar-refractivity contribution in [3.05, 3.63) is 99.7 Å². The smallest absolute Gasteiger partial charge is 0.370 e. The molecule has 6 atom stereocenters. The number of imide groups is 1. The SMILES string of the molecule is CN1CC[C@H]2CC[C@@H](C(=O)N[C@@H](CCC(N)=O)C(=O)N[C@@H](Cc3ccccn3)C(=O)N3CCC(CCC#Cc4cccc5c4CN(C4CCC(=O)NC4=O)C5=O)CC3)N2C(=O)[C@@H](NC(=O)c2cc3cc(C(F)(F)P(=O)(O)O)ccc3s2)C1. The van der Waals surface area contributed by atoms with Crippen LogP contribution in [0.4, 0.5) is 8.78 Å². The van der Waals surface area contributed by atoms with Gasteiger partial charge in [-0.1, -0.05) is 30.0 Å². The molecule has 4 aromatic rings. The summed E-state index contributed by atoms with van der Waals surface area (Å²) in [7, 11) is -4.10. The second kappa shape index (κ2) is 24.9. The third-order valence-electron chi connectivity index (χ3n) is 15.9. The lowest BCUT2D eigenvalue weighted by atomic mass is 9.91. The van der Waals surface area contributed by atoms with Crippen molar-refractivity contribution in [1.29, 1.82) is 0 Å². The second-order valence-electron chi connectivity index (χ2n) is 21.5. The van der Waals surface area contributed by atoms with E-state index in [1.54, 1.807) is 48.5 Å². The van der Waals surface area contributed by atoms with Crippen molar-refractivity contribution in [3.63, 3.8) is 0 Å². The van der Waals surface area contributed by atoms with Crippen molar-refractivity contribution in [2.75, 3.05) is 33.2 Å². The number of hydrogen-bond donors (Lipinski definition) is 7. The molecule has 9 amide bonds. The van der Waals surface area contributed by atoms with Crippen LogP contribution in [0.3, 0.4) is 0 Å². The Morgan fingerprint density at radius 1 is 0.939 bits per heavy atom. The number of primary amides is 1. The number of halogens is 2. The zero-order chi connectivity index (χ0) is 58.6. The minimum absolute atomic E-state index is 0.000704. The minimum atomic E-state index is -5.87. The van der Waals surface area contributed by atoms with Crippen molar-refractivity contribution in [1.82, 2.24) is 45.9 Å². The Bertz CT molecular complexity index is 3310. The van der Waals surface area contributed by atoms with Crippen LogP contribution in [-0.2, 0) is 56.8 Å². The highest BCUT2D eigenvalue weighted by Crippen LogP contribution is 2.59. The van der Waals surface area contributed by atoms with Gasteiger partial charge in [-0.05, 0) is 124 Å². The topological polar surface area (TPSA) is 311 Å². The number of nitrogens with two attached hydrogens (primary N) is 1. The Labute approximate surface area is 474 Å². The molecule has 0 bridgehead atoms. The third kappa shape index (κ3) is 13.2. The number of nitrogens with one attached hydrogen (secondary N) is 4. The summed E-state index contributed by atoms with van der Waals surface area (Å²) in [6.45, 7) is 1.49. The number of likely N-dealkylation sites (tertiary alicyclic amines) is 1. The van der Waals surface area contributed by atoms with Crippen LogP contribution in [0.15, 0.2) is 66.9 Å². The molecule has 2 aromatic heterocycles. The van der Waals surface area contributed by atoms with E-state index in [2.05, 4.69) is 38.1 Å². The first-order valence-corrected chi connectivity index (χ1v) is 29.6. The molecular weight excluding hydrogens is 1110 g/mol. The molecule has 8 N–H and O–H groups in total. The molecule has 22 nitrogen and oxygen atoms in total. The van der Waals surface area contributed by atoms with Gasteiger partial charge in [-0.3, -0.25) is 58.0 Å². The van der Waals surface area contributed by atoms with Crippen molar-refractivity contribution in [2.45, 2.75) is 126 Å². The second-order valence-corrected chi connectivity index (χ2v) is 24.2. The highest BCUT2D eigenvalue weighted by Gasteiger charge is 2.51. The molecule has 5 aliphatic rings. The van der Waals surface area contributed by atoms with Gasteiger partial charge in [0.1, 0.15) is 30.2 Å². The molecule has 0 aliphatic carbocycles. The first-order chi connectivity index (χ1) is 39.1. The average molecular weight is 1170 g/mol. The first kappa shape index (κ1) is 59.1. The number of alkyl halides is 2. The summed E-state index contributed by atoms with van der Waals surface area (Å²) in [4.78, 5) is 151. The molecule has 4 fully saturated rings. The molecule has 7 heterocycles. The molecule has 0 spiro atoms. The quantitative estimate of drug-likeness (QED) is 0.0455. The summed E-state index contributed by atoms with van der Waals surface area (Å²) in [5.74, 6) is 1.66. The van der Waals surface area contributed by atoms with Crippen LogP contribution in [0.5, 0.6) is 0 Å². The summed E-state index contributed by atoms with van der Waals surface area (Å²) in [6, 6.07) is 8.73. The fraction of sp³-hybridized carbons (Fsp3) is 0.464. The maximum Gasteiger partial charge on any atom is 0.399 e. The number of piperidine rings is 2. The number of aromatic nitrogens is 1. The zero-order valence-corrected chi connectivity index (χ0v) is 46.5. The lowest BCUT2D eigenvalue weighted by molar-refractivity contribution is -0.144. The van der Waals surface area contributed by atoms with Gasteiger partial charge in [-0.25, -0.2) is 0 Å². The Hall–Kier alpha value is -7.49. The molecule has 4 saturated heterocycles. The number of pyridine rings is 1. The number of carbonyl (C=O) groups is 9. The van der Waals surface area contributed by atoms with Crippen LogP contribution in [-0.4, -0.2) is 157 Å². The number of hydrogen-bond acceptors (Lipinski definition) is 13. The van der Waals surface area contributed by atoms with Crippen LogP contribution in [0.1, 0.15) is 113 Å². The monoisotopic (exact) mass is 1170 g/mol. The van der Waals surface area contributed by atoms with Crippen molar-refractivity contribution < 1.29 is 66.3 Å². The number of amides is 9. The summed E-state index contributed by atoms with van der Waals surface area (Å²) in [5, 5.41) is 10.8. The maximum absolute atomic E-state index is 14.6. The first-order valence-electron chi connectivity index (χ1n) is 27.2. The van der Waals surface area contributed by atoms with Crippen LogP contribution in [0.25, 0.3) is 10.1 Å². The molecule has 0 radical (unpaired) electrons. The lowest BCUT2D eigenvalue weighted by Crippen LogP contribution is -2.61. The number of carbonyl (C=O) groups excluding carboxylic acids is 9. The molecular formula is C56H63F2N10O12PS. The number of fused-ring (bicyclic) bond motifs is 3. The summed E-state index contributed by atoms with van der Waals surface area (Å²) >= 11 is 0.919. The van der Waals surface area contributed by atoms with E-state index in [1.807, 2.05) is 11.0 Å². The van der Waals surface area contributed by atoms with E-state index >= 15 is 0 Å². The van der Waals surface area contributed by atoms with E-state index in [0.29, 0.717) is 73.3 Å². The van der Waals surface area contributed by atoms with E-state index in [-0.39, 0.29) is 85.5 Å². The van der Waals surface area contributed by atoms with Crippen molar-refractivity contribution in [2.24, 2.45) is 11.7 Å². The van der Waals surface area contributed by atoms with Gasteiger partial charge in [0.2, 0.25) is 41.4 Å². The minimum Gasteiger partial charge on any atom is -0.370 e. The Balaban J connectivity index is 0.833. The molecule has 434 valence electrons. The predicted molar refractivity (Wildman–Crippen MR) is 293 cm³/mol. The number of benzene rings is 2. The van der Waals surface area contributed by atoms with Crippen molar-refractivity contribution >= 4 is 82.2 Å². The van der Waals surface area contributed by atoms with Gasteiger partial charge in [0, 0.05) is 91.2 Å². The molecule has 9 rings (SSSR count). The van der Waals surface area contributed by atoms with Crippen LogP contribution in [0.2, 0.25) is 0 Å². The van der Waals surface area contributed by atoms with E-state index in [1.165, 1.54) is 21.9 Å². The average Bonchev–Trinajstić information content (AvgIpc) is 4.34. The van der Waals surface area contributed by atoms with E-state index < -0.39 is 90.5 Å². The molecule has 1 unspecified atom stereocenters. The predicted octanol–water partition coefficient (Wildman–Crippen LogP) is 2.63. The van der Waals surface area contributed by atoms with E-state index in [4.69, 9.17) is 5.73 Å². The summed E-state index contributed by atoms with van der Waals surface area (Å²) in [5.41, 5.74) is 2.55. The summed E-state index contributed by atoms with van der Waals surface area (Å²) < 4.78 is 41.0. The van der Waals surface area contributed by atoms with Gasteiger partial charge in [-0.2, -0.15) is 8.78 Å². The number of rotatable bonds is 17. The van der Waals surface area contributed by atoms with Crippen LogP contribution < -0.4 is 27.0 Å². The summed E-state index contributed by atoms with van der Waals surface area (Å²) in [6.07, 6.45) is 5.10. The van der Waals surface area contributed by atoms with Gasteiger partial charge in [0.15, 0.2) is 0 Å². The normalized spacial score (nSPS) is 21.5. The van der Waals surface area contributed by atoms with Crippen LogP contribution >= 0.6 is 18.9 Å². The molecule has 0 saturated carbocycles. The van der Waals surface area contributed by atoms with Crippen LogP contribution in [0, 0.1) is 17.8 Å². The zero-order valence-electron chi connectivity index (χ0n) is 44.8. The molecule has 26 heteroatoms. The standard InChI is InChI=1S/C56H63F2N10O12PS/c1-65-24-22-37-13-15-44(68(37)55(77)42(31-65)63-52(74)46-28-34-27-35(12-17-45(34)82-46)56(57,58)81(78,79)80)51(73)61-40(14-18-47(59)69)49(71)62-41(29-36-10-4-5-23-60-36)54(76)66-25-20-32(21-26-66)7-2-3-8-33-9-6-11-38-39(33)30-67(53(38)75)43-16-19-48(70)64-50(43)72/h4-6,9-12,17,23,27-28,32,37,40-44H,2,7,13-16,18-22,24-26,29-31H2,1H3,(H2,59,69)(H,61,73)(H,62,71)(H,63,74)(H,64,70,72)(H2,78,79,80)/t37-,40+,41+,42+,43?,44+/m1/s1. The van der Waals surface area contributed by atoms with Gasteiger partial charge >= 0.3 is 13.3 Å². The number of nitrogens with zero attached hydrogens (tertiary/aromatic N) is 5. The van der Waals surface area contributed by atoms with Gasteiger partial charge in [0.25, 0.3) is 11.8 Å². The highest BCUT2D eigenvalue weighted by molar-refractivity contribution is 7.52. The van der Waals surface area contributed by atoms with Gasteiger partial charge < -0.3 is 51.1 Å². The Morgan fingerprint density at radius 3 is 2.44 bits per heavy atom. The third-order valence-corrected chi connectivity index (χ3v) is 18.0. The molecule has 2 aromatic carbocycles. The van der Waals surface area contributed by atoms with Crippen molar-refractivity contribution in [3.8, 4) is 11.8 Å². The fourth-order valence-corrected chi connectivity index (χ4v) is 12.9. The lowest BCUT2D eigenvalue weighted by Gasteiger charge is -2.38.